The lowest BCUT2D eigenvalue weighted by molar-refractivity contribution is -0.118. The number of aromatic nitrogens is 1. The second kappa shape index (κ2) is 8.15. The Bertz CT molecular complexity index is 989. The van der Waals surface area contributed by atoms with Crippen LogP contribution in [-0.2, 0) is 17.6 Å². The van der Waals surface area contributed by atoms with E-state index in [2.05, 4.69) is 34.6 Å². The fraction of sp³-hybridized carbons (Fsp3) is 0.304. The Morgan fingerprint density at radius 3 is 2.61 bits per heavy atom. The molecule has 0 unspecified atom stereocenters. The van der Waals surface area contributed by atoms with Gasteiger partial charge in [0.2, 0.25) is 0 Å². The molecule has 1 aliphatic rings. The molecule has 1 aliphatic carbocycles. The van der Waals surface area contributed by atoms with Crippen LogP contribution >= 0.6 is 11.3 Å². The van der Waals surface area contributed by atoms with Crippen LogP contribution in [0.4, 0.5) is 5.13 Å². The minimum Gasteiger partial charge on any atom is -0.484 e. The van der Waals surface area contributed by atoms with E-state index < -0.39 is 0 Å². The number of nitrogens with zero attached hydrogens (tertiary/aromatic N) is 1. The quantitative estimate of drug-likeness (QED) is 0.639. The lowest BCUT2D eigenvalue weighted by Crippen LogP contribution is -2.20. The van der Waals surface area contributed by atoms with Crippen LogP contribution in [0.2, 0.25) is 0 Å². The van der Waals surface area contributed by atoms with Crippen molar-refractivity contribution in [2.75, 3.05) is 11.9 Å². The molecule has 5 heteroatoms. The number of anilines is 1. The number of aryl methyl sites for hydroxylation is 4. The van der Waals surface area contributed by atoms with Crippen LogP contribution in [0.5, 0.6) is 5.75 Å². The fourth-order valence-corrected chi connectivity index (χ4v) is 4.41. The Balaban J connectivity index is 1.38. The zero-order valence-corrected chi connectivity index (χ0v) is 17.1. The predicted octanol–water partition coefficient (Wildman–Crippen LogP) is 5.32. The van der Waals surface area contributed by atoms with Gasteiger partial charge >= 0.3 is 0 Å². The molecule has 4 rings (SSSR count). The number of hydrogen-bond acceptors (Lipinski definition) is 4. The minimum absolute atomic E-state index is 0.0311. The van der Waals surface area contributed by atoms with E-state index in [1.54, 1.807) is 0 Å². The molecule has 1 amide bonds. The average Bonchev–Trinajstić information content (AvgIpc) is 3.14. The van der Waals surface area contributed by atoms with Gasteiger partial charge in [-0.15, -0.1) is 11.3 Å². The Morgan fingerprint density at radius 2 is 1.82 bits per heavy atom. The molecule has 0 spiro atoms. The van der Waals surface area contributed by atoms with Gasteiger partial charge in [0.1, 0.15) is 5.75 Å². The van der Waals surface area contributed by atoms with Gasteiger partial charge in [-0.05, 0) is 80.0 Å². The summed E-state index contributed by atoms with van der Waals surface area (Å²) >= 11 is 1.44. The third-order valence-corrected chi connectivity index (χ3v) is 5.72. The zero-order chi connectivity index (χ0) is 19.5. The maximum absolute atomic E-state index is 12.2. The van der Waals surface area contributed by atoms with Gasteiger partial charge in [0, 0.05) is 10.9 Å². The number of fused-ring (bicyclic) bond motifs is 1. The number of rotatable bonds is 5. The van der Waals surface area contributed by atoms with Gasteiger partial charge in [0.15, 0.2) is 11.7 Å². The maximum Gasteiger partial charge on any atom is 0.264 e. The lowest BCUT2D eigenvalue weighted by Gasteiger charge is -2.16. The topological polar surface area (TPSA) is 51.2 Å². The molecule has 1 heterocycles. The zero-order valence-electron chi connectivity index (χ0n) is 16.2. The monoisotopic (exact) mass is 392 g/mol. The van der Waals surface area contributed by atoms with Crippen LogP contribution in [0, 0.1) is 13.8 Å². The molecule has 1 aromatic heterocycles. The van der Waals surface area contributed by atoms with Crippen LogP contribution in [0.25, 0.3) is 11.3 Å². The first-order chi connectivity index (χ1) is 13.6. The summed E-state index contributed by atoms with van der Waals surface area (Å²) in [4.78, 5) is 16.8. The van der Waals surface area contributed by atoms with Crippen LogP contribution in [0.3, 0.4) is 0 Å². The molecule has 0 saturated heterocycles. The standard InChI is InChI=1S/C23H24N2O2S/c1-15-9-16(2)11-20(10-15)27-13-22(26)25-23-24-21(14-28-23)19-8-7-17-5-3-4-6-18(17)12-19/h7-12,14H,3-6,13H2,1-2H3,(H,24,25,26). The number of amides is 1. The first-order valence-electron chi connectivity index (χ1n) is 9.65. The van der Waals surface area contributed by atoms with Crippen LogP contribution in [0.15, 0.2) is 41.8 Å². The normalized spacial score (nSPS) is 13.1. The highest BCUT2D eigenvalue weighted by Gasteiger charge is 2.13. The number of benzene rings is 2. The minimum atomic E-state index is -0.203. The molecular weight excluding hydrogens is 368 g/mol. The third kappa shape index (κ3) is 4.42. The first-order valence-corrected chi connectivity index (χ1v) is 10.5. The Morgan fingerprint density at radius 1 is 1.07 bits per heavy atom. The van der Waals surface area contributed by atoms with E-state index >= 15 is 0 Å². The van der Waals surface area contributed by atoms with E-state index in [4.69, 9.17) is 4.74 Å². The number of nitrogens with one attached hydrogen (secondary N) is 1. The SMILES string of the molecule is Cc1cc(C)cc(OCC(=O)Nc2nc(-c3ccc4c(c3)CCCC4)cs2)c1. The van der Waals surface area contributed by atoms with Gasteiger partial charge in [-0.3, -0.25) is 10.1 Å². The molecule has 0 aliphatic heterocycles. The Hall–Kier alpha value is -2.66. The first kappa shape index (κ1) is 18.7. The van der Waals surface area contributed by atoms with Gasteiger partial charge in [0.05, 0.1) is 5.69 Å². The fourth-order valence-electron chi connectivity index (χ4n) is 3.68. The highest BCUT2D eigenvalue weighted by molar-refractivity contribution is 7.14. The number of thiazole rings is 1. The highest BCUT2D eigenvalue weighted by Crippen LogP contribution is 2.29. The molecule has 144 valence electrons. The van der Waals surface area contributed by atoms with E-state index in [1.165, 1.54) is 41.7 Å². The van der Waals surface area contributed by atoms with Gasteiger partial charge in [-0.25, -0.2) is 4.98 Å². The summed E-state index contributed by atoms with van der Waals surface area (Å²) in [6, 6.07) is 12.5. The van der Waals surface area contributed by atoms with Crippen molar-refractivity contribution in [1.29, 1.82) is 0 Å². The molecule has 3 aromatic rings. The third-order valence-electron chi connectivity index (χ3n) is 4.96. The largest absolute Gasteiger partial charge is 0.484 e. The summed E-state index contributed by atoms with van der Waals surface area (Å²) in [5.74, 6) is 0.507. The molecule has 0 saturated carbocycles. The van der Waals surface area contributed by atoms with Crippen LogP contribution in [0.1, 0.15) is 35.1 Å². The van der Waals surface area contributed by atoms with E-state index in [1.807, 2.05) is 31.4 Å². The van der Waals surface area contributed by atoms with Crippen LogP contribution < -0.4 is 10.1 Å². The summed E-state index contributed by atoms with van der Waals surface area (Å²) < 4.78 is 5.62. The summed E-state index contributed by atoms with van der Waals surface area (Å²) in [7, 11) is 0. The molecule has 28 heavy (non-hydrogen) atoms. The summed E-state index contributed by atoms with van der Waals surface area (Å²) in [5, 5.41) is 5.43. The molecule has 0 atom stereocenters. The molecular formula is C23H24N2O2S. The lowest BCUT2D eigenvalue weighted by atomic mass is 9.90. The summed E-state index contributed by atoms with van der Waals surface area (Å²) in [5.41, 5.74) is 7.15. The number of carbonyl (C=O) groups excluding carboxylic acids is 1. The van der Waals surface area contributed by atoms with Crippen molar-refractivity contribution in [3.05, 3.63) is 64.0 Å². The summed E-state index contributed by atoms with van der Waals surface area (Å²) in [6.45, 7) is 3.99. The molecule has 0 fully saturated rings. The second-order valence-electron chi connectivity index (χ2n) is 7.39. The molecule has 0 radical (unpaired) electrons. The molecule has 0 bridgehead atoms. The van der Waals surface area contributed by atoms with Crippen molar-refractivity contribution >= 4 is 22.4 Å². The Kier molecular flexibility index (Phi) is 5.44. The van der Waals surface area contributed by atoms with Crippen molar-refractivity contribution in [3.8, 4) is 17.0 Å². The van der Waals surface area contributed by atoms with Crippen molar-refractivity contribution < 1.29 is 9.53 Å². The number of hydrogen-bond donors (Lipinski definition) is 1. The van der Waals surface area contributed by atoms with Crippen molar-refractivity contribution in [1.82, 2.24) is 4.98 Å². The Labute approximate surface area is 169 Å². The smallest absolute Gasteiger partial charge is 0.264 e. The van der Waals surface area contributed by atoms with Crippen molar-refractivity contribution in [2.24, 2.45) is 0 Å². The highest BCUT2D eigenvalue weighted by atomic mass is 32.1. The average molecular weight is 393 g/mol. The van der Waals surface area contributed by atoms with Gasteiger partial charge in [-0.1, -0.05) is 18.2 Å². The van der Waals surface area contributed by atoms with E-state index in [0.29, 0.717) is 10.9 Å². The maximum atomic E-state index is 12.2. The summed E-state index contributed by atoms with van der Waals surface area (Å²) in [6.07, 6.45) is 4.86. The van der Waals surface area contributed by atoms with Gasteiger partial charge in [0.25, 0.3) is 5.91 Å². The molecule has 4 nitrogen and oxygen atoms in total. The number of carbonyl (C=O) groups is 1. The van der Waals surface area contributed by atoms with Crippen LogP contribution in [-0.4, -0.2) is 17.5 Å². The number of ether oxygens (including phenoxy) is 1. The van der Waals surface area contributed by atoms with Crippen molar-refractivity contribution in [3.63, 3.8) is 0 Å². The van der Waals surface area contributed by atoms with Gasteiger partial charge < -0.3 is 4.74 Å². The van der Waals surface area contributed by atoms with Crippen molar-refractivity contribution in [2.45, 2.75) is 39.5 Å². The van der Waals surface area contributed by atoms with E-state index in [-0.39, 0.29) is 12.5 Å². The second-order valence-corrected chi connectivity index (χ2v) is 8.25. The van der Waals surface area contributed by atoms with Gasteiger partial charge in [-0.2, -0.15) is 0 Å². The molecule has 1 N–H and O–H groups in total. The predicted molar refractivity (Wildman–Crippen MR) is 114 cm³/mol. The molecule has 2 aromatic carbocycles. The van der Waals surface area contributed by atoms with E-state index in [9.17, 15) is 4.79 Å². The van der Waals surface area contributed by atoms with E-state index in [0.717, 1.165) is 28.8 Å².